The first-order valence-corrected chi connectivity index (χ1v) is 7.89. The van der Waals surface area contributed by atoms with E-state index in [1.807, 2.05) is 0 Å². The molecule has 0 radical (unpaired) electrons. The third-order valence-corrected chi connectivity index (χ3v) is 5.30. The van der Waals surface area contributed by atoms with Gasteiger partial charge in [-0.15, -0.1) is 0 Å². The Labute approximate surface area is 119 Å². The molecule has 0 saturated carbocycles. The Morgan fingerprint density at radius 1 is 1.40 bits per heavy atom. The third-order valence-electron chi connectivity index (χ3n) is 3.15. The number of nitrogens with two attached hydrogens (primary N) is 1. The fourth-order valence-corrected chi connectivity index (χ4v) is 1.76. The summed E-state index contributed by atoms with van der Waals surface area (Å²) in [5, 5.41) is 2.59. The minimum absolute atomic E-state index is 0.00260. The van der Waals surface area contributed by atoms with Crippen molar-refractivity contribution in [2.75, 3.05) is 25.6 Å². The van der Waals surface area contributed by atoms with Crippen LogP contribution in [0.1, 0.15) is 24.2 Å². The summed E-state index contributed by atoms with van der Waals surface area (Å²) >= 11 is 0. The Morgan fingerprint density at radius 2 is 2.00 bits per heavy atom. The molecular formula is C13H20N2O4S. The van der Waals surface area contributed by atoms with Gasteiger partial charge >= 0.3 is 0 Å². The molecule has 1 aromatic rings. The molecule has 0 atom stereocenters. The zero-order chi connectivity index (χ0) is 15.6. The normalized spacial score (nSPS) is 12.0. The van der Waals surface area contributed by atoms with Crippen LogP contribution in [0.5, 0.6) is 5.75 Å². The lowest BCUT2D eigenvalue weighted by Gasteiger charge is -2.23. The second-order valence-corrected chi connectivity index (χ2v) is 7.82. The van der Waals surface area contributed by atoms with E-state index in [0.29, 0.717) is 11.4 Å². The molecule has 0 saturated heterocycles. The molecule has 1 rings (SSSR count). The van der Waals surface area contributed by atoms with Crippen LogP contribution in [0.2, 0.25) is 0 Å². The van der Waals surface area contributed by atoms with Crippen LogP contribution in [0, 0.1) is 0 Å². The summed E-state index contributed by atoms with van der Waals surface area (Å²) in [5.41, 5.74) is 6.34. The van der Waals surface area contributed by atoms with Crippen molar-refractivity contribution in [1.82, 2.24) is 5.32 Å². The van der Waals surface area contributed by atoms with Crippen LogP contribution in [0.4, 0.5) is 5.69 Å². The van der Waals surface area contributed by atoms with Crippen LogP contribution in [-0.2, 0) is 9.84 Å². The summed E-state index contributed by atoms with van der Waals surface area (Å²) in [5.74, 6) is -0.0419. The molecule has 0 aliphatic carbocycles. The van der Waals surface area contributed by atoms with E-state index in [4.69, 9.17) is 10.5 Å². The van der Waals surface area contributed by atoms with Crippen LogP contribution < -0.4 is 15.8 Å². The zero-order valence-electron chi connectivity index (χ0n) is 12.1. The van der Waals surface area contributed by atoms with E-state index in [1.54, 1.807) is 26.0 Å². The fourth-order valence-electron chi connectivity index (χ4n) is 1.42. The maximum atomic E-state index is 12.1. The molecule has 112 valence electrons. The lowest BCUT2D eigenvalue weighted by molar-refractivity contribution is 0.0947. The highest BCUT2D eigenvalue weighted by molar-refractivity contribution is 7.92. The van der Waals surface area contributed by atoms with Gasteiger partial charge in [0.2, 0.25) is 0 Å². The fraction of sp³-hybridized carbons (Fsp3) is 0.462. The highest BCUT2D eigenvalue weighted by Crippen LogP contribution is 2.21. The van der Waals surface area contributed by atoms with Gasteiger partial charge in [-0.25, -0.2) is 8.42 Å². The van der Waals surface area contributed by atoms with Crippen molar-refractivity contribution in [3.05, 3.63) is 23.8 Å². The molecule has 0 fully saturated rings. The SMILES string of the molecule is COc1ccc(N)cc1C(=O)NCC(C)(C)S(C)(=O)=O. The number of hydrogen-bond acceptors (Lipinski definition) is 5. The number of benzene rings is 1. The Balaban J connectivity index is 2.91. The number of nitrogens with one attached hydrogen (secondary N) is 1. The average Bonchev–Trinajstić information content (AvgIpc) is 2.34. The Morgan fingerprint density at radius 3 is 2.50 bits per heavy atom. The summed E-state index contributed by atoms with van der Waals surface area (Å²) in [7, 11) is -1.83. The molecule has 0 bridgehead atoms. The van der Waals surface area contributed by atoms with Gasteiger partial charge < -0.3 is 15.8 Å². The zero-order valence-corrected chi connectivity index (χ0v) is 12.9. The summed E-state index contributed by atoms with van der Waals surface area (Å²) in [4.78, 5) is 12.1. The molecule has 7 heteroatoms. The summed E-state index contributed by atoms with van der Waals surface area (Å²) < 4.78 is 27.2. The summed E-state index contributed by atoms with van der Waals surface area (Å²) in [6, 6.07) is 4.70. The molecule has 0 aliphatic rings. The van der Waals surface area contributed by atoms with Crippen molar-refractivity contribution >= 4 is 21.4 Å². The molecule has 20 heavy (non-hydrogen) atoms. The van der Waals surface area contributed by atoms with Gasteiger partial charge in [0.05, 0.1) is 17.4 Å². The molecule has 0 heterocycles. The minimum atomic E-state index is -3.27. The predicted molar refractivity (Wildman–Crippen MR) is 78.7 cm³/mol. The lowest BCUT2D eigenvalue weighted by atomic mass is 10.1. The standard InChI is InChI=1S/C13H20N2O4S/c1-13(2,20(4,17)18)8-15-12(16)10-7-9(14)5-6-11(10)19-3/h5-7H,8,14H2,1-4H3,(H,15,16). The smallest absolute Gasteiger partial charge is 0.255 e. The summed E-state index contributed by atoms with van der Waals surface area (Å²) in [6.07, 6.45) is 1.14. The van der Waals surface area contributed by atoms with Crippen LogP contribution in [0.25, 0.3) is 0 Å². The third kappa shape index (κ3) is 3.63. The number of anilines is 1. The number of ether oxygens (including phenoxy) is 1. The van der Waals surface area contributed by atoms with Gasteiger partial charge in [0.25, 0.3) is 5.91 Å². The van der Waals surface area contributed by atoms with Crippen molar-refractivity contribution in [3.8, 4) is 5.75 Å². The van der Waals surface area contributed by atoms with Crippen molar-refractivity contribution in [1.29, 1.82) is 0 Å². The average molecular weight is 300 g/mol. The van der Waals surface area contributed by atoms with Crippen LogP contribution in [0.3, 0.4) is 0 Å². The van der Waals surface area contributed by atoms with Crippen molar-refractivity contribution < 1.29 is 17.9 Å². The number of carbonyl (C=O) groups excluding carboxylic acids is 1. The van der Waals surface area contributed by atoms with E-state index in [0.717, 1.165) is 6.26 Å². The van der Waals surface area contributed by atoms with Gasteiger partial charge in [-0.05, 0) is 32.0 Å². The maximum absolute atomic E-state index is 12.1. The van der Waals surface area contributed by atoms with E-state index in [-0.39, 0.29) is 12.1 Å². The minimum Gasteiger partial charge on any atom is -0.496 e. The van der Waals surface area contributed by atoms with Crippen LogP contribution in [0.15, 0.2) is 18.2 Å². The second kappa shape index (κ2) is 5.70. The van der Waals surface area contributed by atoms with E-state index < -0.39 is 20.5 Å². The highest BCUT2D eigenvalue weighted by atomic mass is 32.2. The Bertz CT molecular complexity index is 609. The number of carbonyl (C=O) groups is 1. The molecule has 0 unspecified atom stereocenters. The number of nitrogen functional groups attached to an aromatic ring is 1. The van der Waals surface area contributed by atoms with Gasteiger partial charge in [0.1, 0.15) is 5.75 Å². The molecule has 0 aliphatic heterocycles. The van der Waals surface area contributed by atoms with Crippen molar-refractivity contribution in [2.24, 2.45) is 0 Å². The van der Waals surface area contributed by atoms with Gasteiger partial charge in [0, 0.05) is 18.5 Å². The van der Waals surface area contributed by atoms with Crippen LogP contribution >= 0.6 is 0 Å². The Hall–Kier alpha value is -1.76. The number of methoxy groups -OCH3 is 1. The monoisotopic (exact) mass is 300 g/mol. The van der Waals surface area contributed by atoms with Gasteiger partial charge in [-0.3, -0.25) is 4.79 Å². The number of sulfone groups is 1. The Kier molecular flexibility index (Phi) is 4.65. The van der Waals surface area contributed by atoms with E-state index in [9.17, 15) is 13.2 Å². The molecule has 1 amide bonds. The van der Waals surface area contributed by atoms with Crippen LogP contribution in [-0.4, -0.2) is 39.0 Å². The maximum Gasteiger partial charge on any atom is 0.255 e. The second-order valence-electron chi connectivity index (χ2n) is 5.17. The molecule has 0 spiro atoms. The van der Waals surface area contributed by atoms with E-state index in [1.165, 1.54) is 13.2 Å². The van der Waals surface area contributed by atoms with Crippen molar-refractivity contribution in [3.63, 3.8) is 0 Å². The lowest BCUT2D eigenvalue weighted by Crippen LogP contribution is -2.43. The first-order valence-electron chi connectivity index (χ1n) is 6.00. The molecule has 3 N–H and O–H groups in total. The largest absolute Gasteiger partial charge is 0.496 e. The molecule has 1 aromatic carbocycles. The first kappa shape index (κ1) is 16.3. The van der Waals surface area contributed by atoms with Gasteiger partial charge in [0.15, 0.2) is 9.84 Å². The number of rotatable bonds is 5. The molecule has 6 nitrogen and oxygen atoms in total. The van der Waals surface area contributed by atoms with Gasteiger partial charge in [-0.2, -0.15) is 0 Å². The van der Waals surface area contributed by atoms with E-state index in [2.05, 4.69) is 5.32 Å². The van der Waals surface area contributed by atoms with Crippen molar-refractivity contribution in [2.45, 2.75) is 18.6 Å². The first-order chi connectivity index (χ1) is 9.08. The number of hydrogen-bond donors (Lipinski definition) is 2. The topological polar surface area (TPSA) is 98.5 Å². The van der Waals surface area contributed by atoms with Gasteiger partial charge in [-0.1, -0.05) is 0 Å². The quantitative estimate of drug-likeness (QED) is 0.785. The van der Waals surface area contributed by atoms with E-state index >= 15 is 0 Å². The highest BCUT2D eigenvalue weighted by Gasteiger charge is 2.30. The predicted octanol–water partition coefficient (Wildman–Crippen LogP) is 0.830. The molecule has 0 aromatic heterocycles. The number of amides is 1. The summed E-state index contributed by atoms with van der Waals surface area (Å²) in [6.45, 7) is 3.11. The molecular weight excluding hydrogens is 280 g/mol.